The zero-order chi connectivity index (χ0) is 13.0. The van der Waals surface area contributed by atoms with Crippen molar-refractivity contribution in [1.29, 1.82) is 0 Å². The maximum absolute atomic E-state index is 12.8. The van der Waals surface area contributed by atoms with E-state index in [0.717, 1.165) is 24.3 Å². The van der Waals surface area contributed by atoms with Crippen LogP contribution in [0, 0.1) is 5.82 Å². The van der Waals surface area contributed by atoms with Crippen LogP contribution < -0.4 is 10.6 Å². The van der Waals surface area contributed by atoms with Crippen LogP contribution in [0.3, 0.4) is 0 Å². The third-order valence-corrected chi connectivity index (χ3v) is 2.82. The fourth-order valence-corrected chi connectivity index (χ4v) is 1.69. The summed E-state index contributed by atoms with van der Waals surface area (Å²) in [5.41, 5.74) is 8.24. The number of nitrogen functional groups attached to an aromatic ring is 1. The number of rotatable bonds is 4. The zero-order valence-electron chi connectivity index (χ0n) is 10.3. The van der Waals surface area contributed by atoms with Gasteiger partial charge in [-0.2, -0.15) is 0 Å². The minimum Gasteiger partial charge on any atom is -0.397 e. The summed E-state index contributed by atoms with van der Waals surface area (Å²) in [5, 5.41) is 0. The van der Waals surface area contributed by atoms with Gasteiger partial charge in [-0.05, 0) is 36.4 Å². The number of aromatic nitrogens is 1. The van der Waals surface area contributed by atoms with Gasteiger partial charge in [-0.25, -0.2) is 4.39 Å². The van der Waals surface area contributed by atoms with Crippen LogP contribution in [0.25, 0.3) is 0 Å². The number of halogens is 1. The molecule has 0 saturated heterocycles. The van der Waals surface area contributed by atoms with Gasteiger partial charge < -0.3 is 10.6 Å². The van der Waals surface area contributed by atoms with Crippen molar-refractivity contribution in [3.8, 4) is 0 Å². The van der Waals surface area contributed by atoms with Gasteiger partial charge in [-0.15, -0.1) is 0 Å². The van der Waals surface area contributed by atoms with Crippen LogP contribution in [0.5, 0.6) is 0 Å². The molecule has 0 aliphatic carbocycles. The van der Waals surface area contributed by atoms with Gasteiger partial charge in [0, 0.05) is 31.4 Å². The van der Waals surface area contributed by atoms with Gasteiger partial charge in [-0.3, -0.25) is 4.98 Å². The van der Waals surface area contributed by atoms with E-state index in [9.17, 15) is 4.39 Å². The van der Waals surface area contributed by atoms with Gasteiger partial charge in [0.2, 0.25) is 0 Å². The fraction of sp³-hybridized carbons (Fsp3) is 0.214. The van der Waals surface area contributed by atoms with Crippen LogP contribution in [0.4, 0.5) is 15.8 Å². The van der Waals surface area contributed by atoms with E-state index in [4.69, 9.17) is 5.73 Å². The molecule has 1 heterocycles. The Morgan fingerprint density at radius 1 is 1.17 bits per heavy atom. The van der Waals surface area contributed by atoms with Crippen molar-refractivity contribution in [2.75, 3.05) is 24.2 Å². The van der Waals surface area contributed by atoms with Gasteiger partial charge in [0.15, 0.2) is 0 Å². The second-order valence-electron chi connectivity index (χ2n) is 4.23. The summed E-state index contributed by atoms with van der Waals surface area (Å²) >= 11 is 0. The molecular formula is C14H16FN3. The van der Waals surface area contributed by atoms with E-state index >= 15 is 0 Å². The van der Waals surface area contributed by atoms with Crippen molar-refractivity contribution < 1.29 is 4.39 Å². The van der Waals surface area contributed by atoms with E-state index in [1.165, 1.54) is 12.1 Å². The third-order valence-electron chi connectivity index (χ3n) is 2.82. The van der Waals surface area contributed by atoms with E-state index in [0.29, 0.717) is 5.69 Å². The quantitative estimate of drug-likeness (QED) is 0.899. The molecule has 0 saturated carbocycles. The topological polar surface area (TPSA) is 42.1 Å². The number of benzene rings is 1. The van der Waals surface area contributed by atoms with Crippen LogP contribution in [0.1, 0.15) is 5.69 Å². The minimum atomic E-state index is -0.215. The molecule has 0 amide bonds. The Labute approximate surface area is 106 Å². The van der Waals surface area contributed by atoms with Crippen molar-refractivity contribution in [3.05, 3.63) is 54.1 Å². The highest BCUT2D eigenvalue weighted by Crippen LogP contribution is 2.13. The molecule has 2 N–H and O–H groups in total. The smallest absolute Gasteiger partial charge is 0.123 e. The minimum absolute atomic E-state index is 0.215. The summed E-state index contributed by atoms with van der Waals surface area (Å²) in [6.07, 6.45) is 2.49. The maximum Gasteiger partial charge on any atom is 0.123 e. The molecule has 0 atom stereocenters. The van der Waals surface area contributed by atoms with Crippen molar-refractivity contribution in [3.63, 3.8) is 0 Å². The Morgan fingerprint density at radius 3 is 2.50 bits per heavy atom. The third kappa shape index (κ3) is 3.20. The van der Waals surface area contributed by atoms with E-state index in [1.807, 2.05) is 19.2 Å². The lowest BCUT2D eigenvalue weighted by Gasteiger charge is -2.18. The maximum atomic E-state index is 12.8. The first-order chi connectivity index (χ1) is 8.65. The lowest BCUT2D eigenvalue weighted by molar-refractivity contribution is 0.627. The highest BCUT2D eigenvalue weighted by molar-refractivity contribution is 5.45. The van der Waals surface area contributed by atoms with Gasteiger partial charge in [0.25, 0.3) is 0 Å². The largest absolute Gasteiger partial charge is 0.397 e. The Morgan fingerprint density at radius 2 is 1.89 bits per heavy atom. The Bertz CT molecular complexity index is 493. The lowest BCUT2D eigenvalue weighted by Crippen LogP contribution is -2.20. The van der Waals surface area contributed by atoms with E-state index in [-0.39, 0.29) is 5.82 Å². The van der Waals surface area contributed by atoms with Crippen molar-refractivity contribution in [1.82, 2.24) is 4.98 Å². The first-order valence-electron chi connectivity index (χ1n) is 5.82. The number of anilines is 2. The summed E-state index contributed by atoms with van der Waals surface area (Å²) < 4.78 is 12.8. The predicted molar refractivity (Wildman–Crippen MR) is 72.0 cm³/mol. The van der Waals surface area contributed by atoms with Crippen LogP contribution in [-0.4, -0.2) is 18.6 Å². The summed E-state index contributed by atoms with van der Waals surface area (Å²) in [6.45, 7) is 0.822. The molecule has 0 fully saturated rings. The van der Waals surface area contributed by atoms with Gasteiger partial charge in [0.1, 0.15) is 5.82 Å². The molecule has 4 heteroatoms. The number of nitrogens with two attached hydrogens (primary N) is 1. The summed E-state index contributed by atoms with van der Waals surface area (Å²) in [6, 6.07) is 10.2. The zero-order valence-corrected chi connectivity index (χ0v) is 10.3. The molecule has 94 valence electrons. The van der Waals surface area contributed by atoms with Crippen LogP contribution in [-0.2, 0) is 6.42 Å². The van der Waals surface area contributed by atoms with Crippen LogP contribution in [0.15, 0.2) is 42.6 Å². The summed E-state index contributed by atoms with van der Waals surface area (Å²) in [7, 11) is 1.98. The van der Waals surface area contributed by atoms with Crippen molar-refractivity contribution in [2.24, 2.45) is 0 Å². The molecule has 3 nitrogen and oxygen atoms in total. The monoisotopic (exact) mass is 245 g/mol. The Hall–Kier alpha value is -2.10. The van der Waals surface area contributed by atoms with Crippen LogP contribution in [0.2, 0.25) is 0 Å². The number of hydrogen-bond acceptors (Lipinski definition) is 3. The van der Waals surface area contributed by atoms with E-state index < -0.39 is 0 Å². The van der Waals surface area contributed by atoms with Gasteiger partial charge >= 0.3 is 0 Å². The van der Waals surface area contributed by atoms with Gasteiger partial charge in [-0.1, -0.05) is 0 Å². The molecular weight excluding hydrogens is 229 g/mol. The van der Waals surface area contributed by atoms with Crippen LogP contribution >= 0.6 is 0 Å². The molecule has 0 radical (unpaired) electrons. The molecule has 0 bridgehead atoms. The molecule has 0 aliphatic rings. The fourth-order valence-electron chi connectivity index (χ4n) is 1.69. The highest BCUT2D eigenvalue weighted by Gasteiger charge is 2.02. The standard InChI is InChI=1S/C14H16FN3/c1-18(14-6-2-11(15)3-7-14)9-8-13-5-4-12(16)10-17-13/h2-7,10H,8-9,16H2,1H3. The lowest BCUT2D eigenvalue weighted by atomic mass is 10.2. The van der Waals surface area contributed by atoms with Gasteiger partial charge in [0.05, 0.1) is 11.9 Å². The van der Waals surface area contributed by atoms with E-state index in [1.54, 1.807) is 18.3 Å². The Kier molecular flexibility index (Phi) is 3.77. The van der Waals surface area contributed by atoms with E-state index in [2.05, 4.69) is 9.88 Å². The SMILES string of the molecule is CN(CCc1ccc(N)cn1)c1ccc(F)cc1. The molecule has 2 aromatic rings. The molecule has 0 aliphatic heterocycles. The predicted octanol–water partition coefficient (Wildman–Crippen LogP) is 2.48. The molecule has 1 aromatic heterocycles. The van der Waals surface area contributed by atoms with Crippen molar-refractivity contribution in [2.45, 2.75) is 6.42 Å². The summed E-state index contributed by atoms with van der Waals surface area (Å²) in [5.74, 6) is -0.215. The average Bonchev–Trinajstić information content (AvgIpc) is 2.38. The molecule has 0 spiro atoms. The average molecular weight is 245 g/mol. The first-order valence-corrected chi connectivity index (χ1v) is 5.82. The molecule has 1 aromatic carbocycles. The highest BCUT2D eigenvalue weighted by atomic mass is 19.1. The number of likely N-dealkylation sites (N-methyl/N-ethyl adjacent to an activating group) is 1. The number of pyridine rings is 1. The normalized spacial score (nSPS) is 10.3. The molecule has 0 unspecified atom stereocenters. The number of hydrogen-bond donors (Lipinski definition) is 1. The first kappa shape index (κ1) is 12.4. The molecule has 18 heavy (non-hydrogen) atoms. The Balaban J connectivity index is 1.93. The second kappa shape index (κ2) is 5.49. The molecule has 2 rings (SSSR count). The summed E-state index contributed by atoms with van der Waals surface area (Å²) in [4.78, 5) is 6.31. The number of nitrogens with zero attached hydrogens (tertiary/aromatic N) is 2. The second-order valence-corrected chi connectivity index (χ2v) is 4.23. The van der Waals surface area contributed by atoms with Crippen molar-refractivity contribution >= 4 is 11.4 Å².